The van der Waals surface area contributed by atoms with Crippen LogP contribution in [0.1, 0.15) is 70.9 Å². The molecule has 0 aromatic heterocycles. The number of ether oxygens (including phenoxy) is 2. The summed E-state index contributed by atoms with van der Waals surface area (Å²) in [7, 11) is 0. The fourth-order valence-electron chi connectivity index (χ4n) is 3.73. The summed E-state index contributed by atoms with van der Waals surface area (Å²) in [5.41, 5.74) is 5.78. The van der Waals surface area contributed by atoms with Crippen LogP contribution in [0.3, 0.4) is 0 Å². The number of carbonyl (C=O) groups is 2. The van der Waals surface area contributed by atoms with Gasteiger partial charge in [0.15, 0.2) is 6.04 Å². The lowest BCUT2D eigenvalue weighted by Crippen LogP contribution is -2.40. The van der Waals surface area contributed by atoms with Crippen LogP contribution >= 0.6 is 0 Å². The highest BCUT2D eigenvalue weighted by atomic mass is 16.6. The van der Waals surface area contributed by atoms with Gasteiger partial charge in [0.25, 0.3) is 0 Å². The lowest BCUT2D eigenvalue weighted by atomic mass is 9.72. The van der Waals surface area contributed by atoms with Gasteiger partial charge in [-0.1, -0.05) is 49.6 Å². The van der Waals surface area contributed by atoms with Crippen molar-refractivity contribution in [2.45, 2.75) is 70.9 Å². The second-order valence-corrected chi connectivity index (χ2v) is 8.70. The third-order valence-electron chi connectivity index (χ3n) is 5.14. The minimum Gasteiger partial charge on any atom is -0.463 e. The molecule has 28 heavy (non-hydrogen) atoms. The zero-order valence-corrected chi connectivity index (χ0v) is 17.3. The van der Waals surface area contributed by atoms with Crippen molar-refractivity contribution in [3.8, 4) is 0 Å². The van der Waals surface area contributed by atoms with Crippen LogP contribution < -0.4 is 11.1 Å². The Balaban J connectivity index is 2.09. The van der Waals surface area contributed by atoms with Gasteiger partial charge in [0.2, 0.25) is 0 Å². The molecule has 6 nitrogen and oxygen atoms in total. The van der Waals surface area contributed by atoms with Crippen LogP contribution in [0.2, 0.25) is 0 Å². The Kier molecular flexibility index (Phi) is 7.87. The molecule has 0 bridgehead atoms. The Hall–Kier alpha value is -2.08. The third-order valence-corrected chi connectivity index (χ3v) is 5.14. The molecule has 1 amide bonds. The molecular weight excluding hydrogens is 356 g/mol. The number of hydrogen-bond donors (Lipinski definition) is 2. The molecule has 1 aromatic carbocycles. The number of nitrogens with one attached hydrogen (secondary N) is 1. The van der Waals surface area contributed by atoms with Crippen LogP contribution in [0.15, 0.2) is 30.3 Å². The maximum atomic E-state index is 12.9. The number of nitrogens with two attached hydrogens (primary N) is 1. The van der Waals surface area contributed by atoms with E-state index in [0.29, 0.717) is 18.7 Å². The normalized spacial score (nSPS) is 17.4. The molecule has 1 saturated carbocycles. The lowest BCUT2D eigenvalue weighted by Gasteiger charge is -2.37. The molecule has 1 atom stereocenters. The predicted molar refractivity (Wildman–Crippen MR) is 109 cm³/mol. The fraction of sp³-hybridized carbons (Fsp3) is 0.636. The first-order chi connectivity index (χ1) is 13.2. The average molecular weight is 391 g/mol. The summed E-state index contributed by atoms with van der Waals surface area (Å²) in [6, 6.07) is 8.18. The van der Waals surface area contributed by atoms with Crippen LogP contribution in [0.5, 0.6) is 0 Å². The molecule has 0 aliphatic heterocycles. The summed E-state index contributed by atoms with van der Waals surface area (Å²) in [5.74, 6) is -0.473. The molecule has 1 aliphatic rings. The molecule has 1 fully saturated rings. The molecule has 0 spiro atoms. The van der Waals surface area contributed by atoms with Gasteiger partial charge in [0.05, 0.1) is 6.61 Å². The molecule has 156 valence electrons. The minimum absolute atomic E-state index is 0.0458. The molecule has 0 saturated heterocycles. The van der Waals surface area contributed by atoms with Crippen LogP contribution in [0.25, 0.3) is 0 Å². The third kappa shape index (κ3) is 6.82. The van der Waals surface area contributed by atoms with Crippen molar-refractivity contribution >= 4 is 12.1 Å². The molecule has 1 unspecified atom stereocenters. The van der Waals surface area contributed by atoms with Crippen molar-refractivity contribution < 1.29 is 19.1 Å². The number of amides is 1. The maximum Gasteiger partial charge on any atom is 0.408 e. The Morgan fingerprint density at radius 2 is 1.79 bits per heavy atom. The van der Waals surface area contributed by atoms with Crippen molar-refractivity contribution in [1.29, 1.82) is 0 Å². The SMILES string of the molecule is CC(C)(C)OC(=O)NC(C(=O)OCC1(CCN)CCCCC1)c1ccccc1. The predicted octanol–water partition coefficient (Wildman–Crippen LogP) is 4.09. The Labute approximate surface area is 168 Å². The molecule has 1 aliphatic carbocycles. The number of rotatable bonds is 7. The molecular formula is C22H34N2O4. The highest BCUT2D eigenvalue weighted by molar-refractivity contribution is 5.82. The standard InChI is InChI=1S/C22H34N2O4/c1-21(2,3)28-20(26)24-18(17-10-6-4-7-11-17)19(25)27-16-22(14-15-23)12-8-5-9-13-22/h4,6-7,10-11,18H,5,8-9,12-16,23H2,1-3H3,(H,24,26). The largest absolute Gasteiger partial charge is 0.463 e. The highest BCUT2D eigenvalue weighted by Crippen LogP contribution is 2.39. The van der Waals surface area contributed by atoms with Crippen molar-refractivity contribution in [3.05, 3.63) is 35.9 Å². The van der Waals surface area contributed by atoms with E-state index in [1.165, 1.54) is 6.42 Å². The van der Waals surface area contributed by atoms with Gasteiger partial charge >= 0.3 is 12.1 Å². The van der Waals surface area contributed by atoms with Gasteiger partial charge in [0.1, 0.15) is 5.60 Å². The summed E-state index contributed by atoms with van der Waals surface area (Å²) < 4.78 is 11.0. The summed E-state index contributed by atoms with van der Waals surface area (Å²) in [6.07, 6.45) is 5.72. The van der Waals surface area contributed by atoms with Crippen molar-refractivity contribution in [1.82, 2.24) is 5.32 Å². The maximum absolute atomic E-state index is 12.9. The second kappa shape index (κ2) is 9.92. The topological polar surface area (TPSA) is 90.6 Å². The zero-order valence-electron chi connectivity index (χ0n) is 17.3. The first kappa shape index (κ1) is 22.2. The summed E-state index contributed by atoms with van der Waals surface area (Å²) in [4.78, 5) is 25.2. The van der Waals surface area contributed by atoms with E-state index in [9.17, 15) is 9.59 Å². The van der Waals surface area contributed by atoms with E-state index in [1.807, 2.05) is 18.2 Å². The van der Waals surface area contributed by atoms with Gasteiger partial charge in [-0.2, -0.15) is 0 Å². The number of carbonyl (C=O) groups excluding carboxylic acids is 2. The average Bonchev–Trinajstić information content (AvgIpc) is 2.65. The first-order valence-corrected chi connectivity index (χ1v) is 10.2. The summed E-state index contributed by atoms with van der Waals surface area (Å²) in [5, 5.41) is 2.66. The van der Waals surface area contributed by atoms with Crippen LogP contribution in [0.4, 0.5) is 4.79 Å². The van der Waals surface area contributed by atoms with E-state index < -0.39 is 23.7 Å². The van der Waals surface area contributed by atoms with E-state index >= 15 is 0 Å². The van der Waals surface area contributed by atoms with Gasteiger partial charge in [-0.15, -0.1) is 0 Å². The molecule has 3 N–H and O–H groups in total. The van der Waals surface area contributed by atoms with E-state index in [0.717, 1.165) is 32.1 Å². The first-order valence-electron chi connectivity index (χ1n) is 10.2. The van der Waals surface area contributed by atoms with Crippen molar-refractivity contribution in [2.24, 2.45) is 11.1 Å². The van der Waals surface area contributed by atoms with E-state index in [-0.39, 0.29) is 5.41 Å². The second-order valence-electron chi connectivity index (χ2n) is 8.70. The smallest absolute Gasteiger partial charge is 0.408 e. The zero-order chi connectivity index (χ0) is 20.6. The van der Waals surface area contributed by atoms with Gasteiger partial charge in [-0.05, 0) is 52.1 Å². The van der Waals surface area contributed by atoms with E-state index in [4.69, 9.17) is 15.2 Å². The van der Waals surface area contributed by atoms with E-state index in [1.54, 1.807) is 32.9 Å². The van der Waals surface area contributed by atoms with Gasteiger partial charge in [-0.3, -0.25) is 0 Å². The van der Waals surface area contributed by atoms with Crippen LogP contribution in [-0.4, -0.2) is 30.8 Å². The van der Waals surface area contributed by atoms with Crippen LogP contribution in [0, 0.1) is 5.41 Å². The number of esters is 1. The van der Waals surface area contributed by atoms with Gasteiger partial charge in [-0.25, -0.2) is 9.59 Å². The number of benzene rings is 1. The monoisotopic (exact) mass is 390 g/mol. The fourth-order valence-corrected chi connectivity index (χ4v) is 3.73. The van der Waals surface area contributed by atoms with Crippen molar-refractivity contribution in [2.75, 3.05) is 13.2 Å². The summed E-state index contributed by atoms with van der Waals surface area (Å²) >= 11 is 0. The molecule has 6 heteroatoms. The Bertz CT molecular complexity index is 628. The summed E-state index contributed by atoms with van der Waals surface area (Å²) in [6.45, 7) is 6.25. The van der Waals surface area contributed by atoms with Gasteiger partial charge in [0, 0.05) is 5.41 Å². The Morgan fingerprint density at radius 3 is 2.36 bits per heavy atom. The number of alkyl carbamates (subject to hydrolysis) is 1. The molecule has 0 radical (unpaired) electrons. The van der Waals surface area contributed by atoms with Gasteiger partial charge < -0.3 is 20.5 Å². The molecule has 2 rings (SSSR count). The molecule has 1 aromatic rings. The van der Waals surface area contributed by atoms with E-state index in [2.05, 4.69) is 5.32 Å². The highest BCUT2D eigenvalue weighted by Gasteiger charge is 2.34. The minimum atomic E-state index is -0.908. The van der Waals surface area contributed by atoms with Crippen molar-refractivity contribution in [3.63, 3.8) is 0 Å². The Morgan fingerprint density at radius 1 is 1.14 bits per heavy atom. The number of hydrogen-bond acceptors (Lipinski definition) is 5. The quantitative estimate of drug-likeness (QED) is 0.684. The van der Waals surface area contributed by atoms with Crippen LogP contribution in [-0.2, 0) is 14.3 Å². The lowest BCUT2D eigenvalue weighted by molar-refractivity contribution is -0.151. The molecule has 0 heterocycles.